The molecule has 0 bridgehead atoms. The van der Waals surface area contributed by atoms with Crippen molar-refractivity contribution in [3.8, 4) is 0 Å². The third-order valence-electron chi connectivity index (χ3n) is 2.69. The molecule has 0 aliphatic carbocycles. The van der Waals surface area contributed by atoms with Crippen LogP contribution in [0.1, 0.15) is 18.4 Å². The van der Waals surface area contributed by atoms with Gasteiger partial charge in [-0.15, -0.1) is 0 Å². The van der Waals surface area contributed by atoms with E-state index < -0.39 is 17.8 Å². The highest BCUT2D eigenvalue weighted by atomic mass is 16.2. The second-order valence-corrected chi connectivity index (χ2v) is 4.02. The van der Waals surface area contributed by atoms with Crippen molar-refractivity contribution in [2.75, 3.05) is 0 Å². The van der Waals surface area contributed by atoms with Crippen molar-refractivity contribution in [3.05, 3.63) is 47.5 Å². The van der Waals surface area contributed by atoms with Crippen LogP contribution in [0.25, 0.3) is 0 Å². The van der Waals surface area contributed by atoms with Crippen LogP contribution in [0, 0.1) is 0 Å². The number of urea groups is 1. The molecule has 18 heavy (non-hydrogen) atoms. The molecule has 0 aromatic heterocycles. The van der Waals surface area contributed by atoms with Crippen LogP contribution in [0.2, 0.25) is 0 Å². The van der Waals surface area contributed by atoms with Gasteiger partial charge in [-0.05, 0) is 5.56 Å². The van der Waals surface area contributed by atoms with Crippen molar-refractivity contribution in [3.63, 3.8) is 0 Å². The molecule has 1 heterocycles. The van der Waals surface area contributed by atoms with Crippen LogP contribution in [-0.2, 0) is 9.59 Å². The molecule has 1 atom stereocenters. The maximum absolute atomic E-state index is 11.5. The third-order valence-corrected chi connectivity index (χ3v) is 2.69. The van der Waals surface area contributed by atoms with Gasteiger partial charge in [0.15, 0.2) is 0 Å². The zero-order valence-corrected chi connectivity index (χ0v) is 9.77. The number of nitrogens with one attached hydrogen (secondary N) is 2. The average Bonchev–Trinajstić information content (AvgIpc) is 2.34. The lowest BCUT2D eigenvalue weighted by Gasteiger charge is -2.15. The first-order valence-electron chi connectivity index (χ1n) is 5.51. The summed E-state index contributed by atoms with van der Waals surface area (Å²) in [5.74, 6) is -1.41. The Balaban J connectivity index is 2.25. The molecular weight excluding hydrogens is 232 g/mol. The molecule has 5 heteroatoms. The SMILES string of the molecule is C[C@@H](C=C1C(=O)NC(=O)NC1=O)c1ccccc1. The molecule has 1 aliphatic rings. The fourth-order valence-corrected chi connectivity index (χ4v) is 1.73. The molecular formula is C13H12N2O3. The second kappa shape index (κ2) is 4.83. The van der Waals surface area contributed by atoms with Crippen LogP contribution in [0.15, 0.2) is 42.0 Å². The summed E-state index contributed by atoms with van der Waals surface area (Å²) in [6.07, 6.45) is 1.55. The monoisotopic (exact) mass is 244 g/mol. The highest BCUT2D eigenvalue weighted by Crippen LogP contribution is 2.18. The molecule has 0 saturated carbocycles. The van der Waals surface area contributed by atoms with E-state index in [0.29, 0.717) is 0 Å². The van der Waals surface area contributed by atoms with Crippen LogP contribution < -0.4 is 10.6 Å². The zero-order chi connectivity index (χ0) is 13.1. The summed E-state index contributed by atoms with van der Waals surface area (Å²) in [6.45, 7) is 1.87. The molecule has 1 aliphatic heterocycles. The number of hydrogen-bond donors (Lipinski definition) is 2. The van der Waals surface area contributed by atoms with Gasteiger partial charge < -0.3 is 0 Å². The Labute approximate surface area is 104 Å². The van der Waals surface area contributed by atoms with E-state index in [2.05, 4.69) is 0 Å². The molecule has 1 aromatic rings. The number of rotatable bonds is 2. The molecule has 0 radical (unpaired) electrons. The van der Waals surface area contributed by atoms with Gasteiger partial charge in [0.25, 0.3) is 11.8 Å². The summed E-state index contributed by atoms with van der Waals surface area (Å²) in [4.78, 5) is 33.9. The summed E-state index contributed by atoms with van der Waals surface area (Å²) in [5.41, 5.74) is 0.952. The first kappa shape index (κ1) is 12.0. The minimum atomic E-state index is -0.783. The van der Waals surface area contributed by atoms with Crippen LogP contribution in [0.3, 0.4) is 0 Å². The van der Waals surface area contributed by atoms with Gasteiger partial charge in [-0.3, -0.25) is 20.2 Å². The zero-order valence-electron chi connectivity index (χ0n) is 9.77. The molecule has 1 aromatic carbocycles. The number of allylic oxidation sites excluding steroid dienone is 1. The fraction of sp³-hybridized carbons (Fsp3) is 0.154. The summed E-state index contributed by atoms with van der Waals surface area (Å²) >= 11 is 0. The Morgan fingerprint density at radius 3 is 2.11 bits per heavy atom. The van der Waals surface area contributed by atoms with E-state index in [1.54, 1.807) is 6.08 Å². The molecule has 4 amide bonds. The van der Waals surface area contributed by atoms with Gasteiger partial charge in [0.2, 0.25) is 0 Å². The summed E-state index contributed by atoms with van der Waals surface area (Å²) in [5, 5.41) is 4.08. The Morgan fingerprint density at radius 2 is 1.56 bits per heavy atom. The lowest BCUT2D eigenvalue weighted by Crippen LogP contribution is -2.51. The number of barbiturate groups is 1. The summed E-state index contributed by atoms with van der Waals surface area (Å²) in [6, 6.07) is 8.69. The summed E-state index contributed by atoms with van der Waals surface area (Å²) in [7, 11) is 0. The molecule has 5 nitrogen and oxygen atoms in total. The number of carbonyl (C=O) groups is 3. The van der Waals surface area contributed by atoms with Crippen molar-refractivity contribution >= 4 is 17.8 Å². The van der Waals surface area contributed by atoms with Gasteiger partial charge in [-0.1, -0.05) is 43.3 Å². The van der Waals surface area contributed by atoms with Crippen LogP contribution in [-0.4, -0.2) is 17.8 Å². The number of hydrogen-bond acceptors (Lipinski definition) is 3. The number of carbonyl (C=O) groups excluding carboxylic acids is 3. The molecule has 92 valence electrons. The van der Waals surface area contributed by atoms with Gasteiger partial charge in [0.05, 0.1) is 0 Å². The maximum atomic E-state index is 11.5. The van der Waals surface area contributed by atoms with Gasteiger partial charge in [0.1, 0.15) is 5.57 Å². The number of amides is 4. The van der Waals surface area contributed by atoms with Gasteiger partial charge in [0, 0.05) is 5.92 Å². The van der Waals surface area contributed by atoms with Crippen LogP contribution in [0.5, 0.6) is 0 Å². The van der Waals surface area contributed by atoms with Crippen LogP contribution in [0.4, 0.5) is 4.79 Å². The number of imide groups is 2. The van der Waals surface area contributed by atoms with Crippen molar-refractivity contribution in [1.29, 1.82) is 0 Å². The minimum absolute atomic E-state index is 0.0362. The first-order chi connectivity index (χ1) is 8.58. The predicted octanol–water partition coefficient (Wildman–Crippen LogP) is 1.08. The number of benzene rings is 1. The van der Waals surface area contributed by atoms with Gasteiger partial charge in [-0.2, -0.15) is 0 Å². The molecule has 0 spiro atoms. The molecule has 0 unspecified atom stereocenters. The Hall–Kier alpha value is -2.43. The Bertz CT molecular complexity index is 512. The van der Waals surface area contributed by atoms with E-state index in [4.69, 9.17) is 0 Å². The highest BCUT2D eigenvalue weighted by Gasteiger charge is 2.28. The van der Waals surface area contributed by atoms with Crippen LogP contribution >= 0.6 is 0 Å². The Morgan fingerprint density at radius 1 is 1.00 bits per heavy atom. The fourth-order valence-electron chi connectivity index (χ4n) is 1.73. The van der Waals surface area contributed by atoms with E-state index in [1.165, 1.54) is 0 Å². The molecule has 2 rings (SSSR count). The minimum Gasteiger partial charge on any atom is -0.273 e. The van der Waals surface area contributed by atoms with E-state index >= 15 is 0 Å². The topological polar surface area (TPSA) is 75.3 Å². The van der Waals surface area contributed by atoms with Crippen molar-refractivity contribution in [2.24, 2.45) is 0 Å². The lowest BCUT2D eigenvalue weighted by atomic mass is 9.97. The first-order valence-corrected chi connectivity index (χ1v) is 5.51. The largest absolute Gasteiger partial charge is 0.328 e. The van der Waals surface area contributed by atoms with Crippen molar-refractivity contribution in [1.82, 2.24) is 10.6 Å². The average molecular weight is 244 g/mol. The Kier molecular flexibility index (Phi) is 3.23. The van der Waals surface area contributed by atoms with E-state index in [-0.39, 0.29) is 11.5 Å². The molecule has 2 N–H and O–H groups in total. The van der Waals surface area contributed by atoms with E-state index in [1.807, 2.05) is 47.9 Å². The van der Waals surface area contributed by atoms with Gasteiger partial charge >= 0.3 is 6.03 Å². The normalized spacial score (nSPS) is 16.9. The highest BCUT2D eigenvalue weighted by molar-refractivity contribution is 6.28. The van der Waals surface area contributed by atoms with Crippen molar-refractivity contribution in [2.45, 2.75) is 12.8 Å². The lowest BCUT2D eigenvalue weighted by molar-refractivity contribution is -0.124. The van der Waals surface area contributed by atoms with Crippen molar-refractivity contribution < 1.29 is 14.4 Å². The second-order valence-electron chi connectivity index (χ2n) is 4.02. The van der Waals surface area contributed by atoms with Gasteiger partial charge in [-0.25, -0.2) is 4.79 Å². The molecule has 1 fully saturated rings. The standard InChI is InChI=1S/C13H12N2O3/c1-8(9-5-3-2-4-6-9)7-10-11(16)14-13(18)15-12(10)17/h2-8H,1H3,(H2,14,15,16,17,18)/t8-/m0/s1. The molecule has 1 saturated heterocycles. The van der Waals surface area contributed by atoms with E-state index in [9.17, 15) is 14.4 Å². The quantitative estimate of drug-likeness (QED) is 0.604. The maximum Gasteiger partial charge on any atom is 0.328 e. The predicted molar refractivity (Wildman–Crippen MR) is 64.6 cm³/mol. The third kappa shape index (κ3) is 2.45. The summed E-state index contributed by atoms with van der Waals surface area (Å²) < 4.78 is 0. The van der Waals surface area contributed by atoms with E-state index in [0.717, 1.165) is 5.56 Å². The smallest absolute Gasteiger partial charge is 0.273 e.